The second-order valence-corrected chi connectivity index (χ2v) is 5.90. The average molecular weight is 317 g/mol. The Kier molecular flexibility index (Phi) is 4.60. The summed E-state index contributed by atoms with van der Waals surface area (Å²) >= 11 is 0. The first-order valence-corrected chi connectivity index (χ1v) is 7.80. The number of nitrogens with zero attached hydrogens (tertiary/aromatic N) is 2. The van der Waals surface area contributed by atoms with Crippen LogP contribution in [0.15, 0.2) is 30.3 Å². The zero-order valence-corrected chi connectivity index (χ0v) is 13.1. The minimum Gasteiger partial charge on any atom is -0.484 e. The summed E-state index contributed by atoms with van der Waals surface area (Å²) in [7, 11) is 0. The van der Waals surface area contributed by atoms with Gasteiger partial charge in [-0.05, 0) is 38.0 Å². The largest absolute Gasteiger partial charge is 0.484 e. The van der Waals surface area contributed by atoms with E-state index in [0.717, 1.165) is 30.8 Å². The number of aromatic nitrogens is 2. The number of hydrogen-bond acceptors (Lipinski definition) is 3. The van der Waals surface area contributed by atoms with Gasteiger partial charge in [-0.2, -0.15) is 5.10 Å². The van der Waals surface area contributed by atoms with E-state index in [1.54, 1.807) is 17.0 Å². The van der Waals surface area contributed by atoms with Gasteiger partial charge in [0, 0.05) is 30.8 Å². The maximum atomic E-state index is 13.1. The monoisotopic (exact) mass is 317 g/mol. The van der Waals surface area contributed by atoms with Crippen molar-refractivity contribution in [3.8, 4) is 5.75 Å². The van der Waals surface area contributed by atoms with Crippen LogP contribution in [0.1, 0.15) is 30.1 Å². The van der Waals surface area contributed by atoms with Crippen molar-refractivity contribution in [2.75, 3.05) is 19.7 Å². The Hall–Kier alpha value is -2.37. The Morgan fingerprint density at radius 1 is 1.48 bits per heavy atom. The first-order valence-electron chi connectivity index (χ1n) is 7.80. The molecule has 1 fully saturated rings. The Morgan fingerprint density at radius 2 is 2.35 bits per heavy atom. The lowest BCUT2D eigenvalue weighted by Crippen LogP contribution is -2.41. The summed E-state index contributed by atoms with van der Waals surface area (Å²) in [4.78, 5) is 14.1. The molecule has 1 N–H and O–H groups in total. The van der Waals surface area contributed by atoms with Crippen molar-refractivity contribution in [3.63, 3.8) is 0 Å². The van der Waals surface area contributed by atoms with Crippen LogP contribution in [-0.4, -0.2) is 40.7 Å². The first-order chi connectivity index (χ1) is 11.1. The van der Waals surface area contributed by atoms with Gasteiger partial charge in [0.05, 0.1) is 5.69 Å². The maximum absolute atomic E-state index is 13.1. The summed E-state index contributed by atoms with van der Waals surface area (Å²) < 4.78 is 18.5. The molecular weight excluding hydrogens is 297 g/mol. The van der Waals surface area contributed by atoms with Crippen LogP contribution in [0.25, 0.3) is 0 Å². The Bertz CT molecular complexity index is 686. The molecule has 23 heavy (non-hydrogen) atoms. The highest BCUT2D eigenvalue weighted by Gasteiger charge is 2.26. The van der Waals surface area contributed by atoms with E-state index >= 15 is 0 Å². The minimum absolute atomic E-state index is 0.0736. The number of carbonyl (C=O) groups is 1. The van der Waals surface area contributed by atoms with Gasteiger partial charge in [-0.15, -0.1) is 0 Å². The minimum atomic E-state index is -0.373. The number of ether oxygens (including phenoxy) is 1. The highest BCUT2D eigenvalue weighted by molar-refractivity contribution is 5.78. The highest BCUT2D eigenvalue weighted by Crippen LogP contribution is 2.26. The summed E-state index contributed by atoms with van der Waals surface area (Å²) in [6.45, 7) is 3.27. The van der Waals surface area contributed by atoms with Gasteiger partial charge < -0.3 is 9.64 Å². The number of nitrogens with one attached hydrogen (secondary N) is 1. The SMILES string of the molecule is Cc1cc([C@H]2CCCN(C(=O)COc3cccc(F)c3)C2)n[nH]1. The third-order valence-electron chi connectivity index (χ3n) is 4.08. The average Bonchev–Trinajstić information content (AvgIpc) is 2.99. The van der Waals surface area contributed by atoms with E-state index in [1.165, 1.54) is 12.1 Å². The van der Waals surface area contributed by atoms with Crippen LogP contribution in [0.4, 0.5) is 4.39 Å². The van der Waals surface area contributed by atoms with Crippen molar-refractivity contribution >= 4 is 5.91 Å². The number of hydrogen-bond donors (Lipinski definition) is 1. The Labute approximate surface area is 134 Å². The lowest BCUT2D eigenvalue weighted by molar-refractivity contribution is -0.134. The molecule has 2 aromatic rings. The summed E-state index contributed by atoms with van der Waals surface area (Å²) in [5.41, 5.74) is 2.03. The van der Waals surface area contributed by atoms with Crippen molar-refractivity contribution in [1.29, 1.82) is 0 Å². The second kappa shape index (κ2) is 6.81. The van der Waals surface area contributed by atoms with E-state index in [9.17, 15) is 9.18 Å². The van der Waals surface area contributed by atoms with E-state index in [-0.39, 0.29) is 24.2 Å². The van der Waals surface area contributed by atoms with Crippen molar-refractivity contribution < 1.29 is 13.9 Å². The van der Waals surface area contributed by atoms with Crippen molar-refractivity contribution in [3.05, 3.63) is 47.5 Å². The van der Waals surface area contributed by atoms with Crippen LogP contribution in [0.3, 0.4) is 0 Å². The molecule has 0 aliphatic carbocycles. The molecule has 2 heterocycles. The molecule has 0 radical (unpaired) electrons. The molecule has 122 valence electrons. The zero-order chi connectivity index (χ0) is 16.2. The van der Waals surface area contributed by atoms with Gasteiger partial charge in [-0.3, -0.25) is 9.89 Å². The standard InChI is InChI=1S/C17H20FN3O2/c1-12-8-16(20-19-12)13-4-3-7-21(10-13)17(22)11-23-15-6-2-5-14(18)9-15/h2,5-6,8-9,13H,3-4,7,10-11H2,1H3,(H,19,20)/t13-/m0/s1. The first kappa shape index (κ1) is 15.5. The number of halogens is 1. The number of piperidine rings is 1. The van der Waals surface area contributed by atoms with Crippen LogP contribution in [-0.2, 0) is 4.79 Å². The van der Waals surface area contributed by atoms with Gasteiger partial charge in [0.15, 0.2) is 6.61 Å². The number of H-pyrrole nitrogens is 1. The second-order valence-electron chi connectivity index (χ2n) is 5.90. The highest BCUT2D eigenvalue weighted by atomic mass is 19.1. The van der Waals surface area contributed by atoms with E-state index < -0.39 is 0 Å². The third-order valence-corrected chi connectivity index (χ3v) is 4.08. The van der Waals surface area contributed by atoms with Gasteiger partial charge in [0.1, 0.15) is 11.6 Å². The van der Waals surface area contributed by atoms with Gasteiger partial charge in [-0.25, -0.2) is 4.39 Å². The Balaban J connectivity index is 1.56. The van der Waals surface area contributed by atoms with E-state index in [2.05, 4.69) is 10.2 Å². The molecule has 0 saturated carbocycles. The molecular formula is C17H20FN3O2. The molecule has 1 saturated heterocycles. The summed E-state index contributed by atoms with van der Waals surface area (Å²) in [6.07, 6.45) is 1.97. The molecule has 1 atom stereocenters. The summed E-state index contributed by atoms with van der Waals surface area (Å²) in [6, 6.07) is 7.85. The molecule has 1 aromatic heterocycles. The lowest BCUT2D eigenvalue weighted by atomic mass is 9.94. The van der Waals surface area contributed by atoms with Crippen molar-refractivity contribution in [1.82, 2.24) is 15.1 Å². The van der Waals surface area contributed by atoms with Crippen LogP contribution >= 0.6 is 0 Å². The number of benzene rings is 1. The lowest BCUT2D eigenvalue weighted by Gasteiger charge is -2.31. The van der Waals surface area contributed by atoms with Crippen molar-refractivity contribution in [2.45, 2.75) is 25.7 Å². The number of rotatable bonds is 4. The zero-order valence-electron chi connectivity index (χ0n) is 13.1. The Morgan fingerprint density at radius 3 is 3.09 bits per heavy atom. The number of likely N-dealkylation sites (tertiary alicyclic amines) is 1. The molecule has 1 aromatic carbocycles. The molecule has 1 aliphatic heterocycles. The van der Waals surface area contributed by atoms with E-state index in [1.807, 2.05) is 13.0 Å². The molecule has 1 amide bonds. The number of carbonyl (C=O) groups excluding carboxylic acids is 1. The quantitative estimate of drug-likeness (QED) is 0.943. The van der Waals surface area contributed by atoms with Crippen molar-refractivity contribution in [2.24, 2.45) is 0 Å². The number of aromatic amines is 1. The predicted molar refractivity (Wildman–Crippen MR) is 83.8 cm³/mol. The molecule has 6 heteroatoms. The fourth-order valence-corrected chi connectivity index (χ4v) is 2.89. The molecule has 0 unspecified atom stereocenters. The molecule has 1 aliphatic rings. The van der Waals surface area contributed by atoms with Gasteiger partial charge in [0.2, 0.25) is 0 Å². The van der Waals surface area contributed by atoms with Gasteiger partial charge in [0.25, 0.3) is 5.91 Å². The van der Waals surface area contributed by atoms with E-state index in [0.29, 0.717) is 12.3 Å². The normalized spacial score (nSPS) is 18.0. The molecule has 0 bridgehead atoms. The van der Waals surface area contributed by atoms with Gasteiger partial charge >= 0.3 is 0 Å². The topological polar surface area (TPSA) is 58.2 Å². The maximum Gasteiger partial charge on any atom is 0.260 e. The summed E-state index contributed by atoms with van der Waals surface area (Å²) in [5.74, 6) is 0.176. The number of aryl methyl sites for hydroxylation is 1. The van der Waals surface area contributed by atoms with Crippen LogP contribution < -0.4 is 4.74 Å². The van der Waals surface area contributed by atoms with Crippen LogP contribution in [0, 0.1) is 12.7 Å². The fraction of sp³-hybridized carbons (Fsp3) is 0.412. The smallest absolute Gasteiger partial charge is 0.260 e. The third kappa shape index (κ3) is 3.88. The summed E-state index contributed by atoms with van der Waals surface area (Å²) in [5, 5.41) is 7.25. The molecule has 5 nitrogen and oxygen atoms in total. The van der Waals surface area contributed by atoms with Gasteiger partial charge in [-0.1, -0.05) is 6.07 Å². The fourth-order valence-electron chi connectivity index (χ4n) is 2.89. The van der Waals surface area contributed by atoms with Crippen LogP contribution in [0.5, 0.6) is 5.75 Å². The number of amides is 1. The van der Waals surface area contributed by atoms with E-state index in [4.69, 9.17) is 4.74 Å². The predicted octanol–water partition coefficient (Wildman–Crippen LogP) is 2.64. The molecule has 0 spiro atoms. The van der Waals surface area contributed by atoms with Crippen LogP contribution in [0.2, 0.25) is 0 Å². The molecule has 3 rings (SSSR count).